The van der Waals surface area contributed by atoms with Crippen LogP contribution in [0.1, 0.15) is 27.2 Å². The standard InChI is InChI=1S/C22H20N4O/c1-14-11-17(13-23-22(27)19-9-6-10-24-26-19)21-18(12-14)15(2)20(25-21)16-7-4-3-5-8-16/h3-12,25H,13H2,1-2H3,(H,23,27). The van der Waals surface area contributed by atoms with Gasteiger partial charge in [0.25, 0.3) is 5.91 Å². The molecule has 0 spiro atoms. The zero-order valence-electron chi connectivity index (χ0n) is 15.3. The molecule has 2 N–H and O–H groups in total. The minimum absolute atomic E-state index is 0.232. The molecule has 0 atom stereocenters. The Kier molecular flexibility index (Phi) is 4.42. The first-order valence-electron chi connectivity index (χ1n) is 8.86. The molecule has 5 nitrogen and oxygen atoms in total. The largest absolute Gasteiger partial charge is 0.354 e. The van der Waals surface area contributed by atoms with E-state index < -0.39 is 0 Å². The number of carbonyl (C=O) groups excluding carboxylic acids is 1. The zero-order valence-corrected chi connectivity index (χ0v) is 15.3. The first-order chi connectivity index (χ1) is 13.1. The Morgan fingerprint density at radius 3 is 2.63 bits per heavy atom. The molecule has 0 aliphatic carbocycles. The summed E-state index contributed by atoms with van der Waals surface area (Å²) in [5.74, 6) is -0.232. The quantitative estimate of drug-likeness (QED) is 0.576. The van der Waals surface area contributed by atoms with Crippen molar-refractivity contribution in [1.29, 1.82) is 0 Å². The highest BCUT2D eigenvalue weighted by atomic mass is 16.1. The Morgan fingerprint density at radius 1 is 1.07 bits per heavy atom. The number of hydrogen-bond donors (Lipinski definition) is 2. The van der Waals surface area contributed by atoms with Gasteiger partial charge in [-0.25, -0.2) is 0 Å². The summed E-state index contributed by atoms with van der Waals surface area (Å²) in [7, 11) is 0. The lowest BCUT2D eigenvalue weighted by Gasteiger charge is -2.07. The van der Waals surface area contributed by atoms with Crippen molar-refractivity contribution in [3.05, 3.63) is 83.2 Å². The fourth-order valence-electron chi connectivity index (χ4n) is 3.38. The van der Waals surface area contributed by atoms with Gasteiger partial charge in [0.05, 0.1) is 5.52 Å². The van der Waals surface area contributed by atoms with Gasteiger partial charge in [-0.2, -0.15) is 5.10 Å². The SMILES string of the molecule is Cc1cc(CNC(=O)c2cccnn2)c2[nH]c(-c3ccccc3)c(C)c2c1. The number of nitrogens with one attached hydrogen (secondary N) is 2. The molecule has 2 heterocycles. The summed E-state index contributed by atoms with van der Waals surface area (Å²) in [4.78, 5) is 15.9. The van der Waals surface area contributed by atoms with Crippen LogP contribution in [0, 0.1) is 13.8 Å². The van der Waals surface area contributed by atoms with Gasteiger partial charge in [-0.15, -0.1) is 5.10 Å². The van der Waals surface area contributed by atoms with Gasteiger partial charge in [0, 0.05) is 23.8 Å². The van der Waals surface area contributed by atoms with Crippen molar-refractivity contribution in [2.45, 2.75) is 20.4 Å². The van der Waals surface area contributed by atoms with Gasteiger partial charge >= 0.3 is 0 Å². The maximum atomic E-state index is 12.3. The summed E-state index contributed by atoms with van der Waals surface area (Å²) in [6.07, 6.45) is 1.55. The second-order valence-corrected chi connectivity index (χ2v) is 6.63. The molecular weight excluding hydrogens is 336 g/mol. The van der Waals surface area contributed by atoms with E-state index in [1.54, 1.807) is 18.3 Å². The number of aryl methyl sites for hydroxylation is 2. The Balaban J connectivity index is 1.70. The average molecular weight is 356 g/mol. The monoisotopic (exact) mass is 356 g/mol. The van der Waals surface area contributed by atoms with Crippen LogP contribution >= 0.6 is 0 Å². The van der Waals surface area contributed by atoms with Gasteiger partial charge in [-0.1, -0.05) is 42.0 Å². The maximum Gasteiger partial charge on any atom is 0.272 e. The van der Waals surface area contributed by atoms with E-state index in [9.17, 15) is 4.79 Å². The summed E-state index contributed by atoms with van der Waals surface area (Å²) < 4.78 is 0. The lowest BCUT2D eigenvalue weighted by Crippen LogP contribution is -2.24. The van der Waals surface area contributed by atoms with Crippen molar-refractivity contribution in [3.63, 3.8) is 0 Å². The normalized spacial score (nSPS) is 10.9. The number of amides is 1. The highest BCUT2D eigenvalue weighted by Gasteiger charge is 2.14. The molecule has 0 aliphatic heterocycles. The molecule has 0 saturated heterocycles. The van der Waals surface area contributed by atoms with Crippen LogP contribution in [-0.2, 0) is 6.54 Å². The second kappa shape index (κ2) is 7.03. The van der Waals surface area contributed by atoms with Gasteiger partial charge in [0.15, 0.2) is 5.69 Å². The molecule has 0 saturated carbocycles. The molecule has 0 unspecified atom stereocenters. The number of aromatic amines is 1. The summed E-state index contributed by atoms with van der Waals surface area (Å²) in [6, 6.07) is 17.9. The molecule has 0 radical (unpaired) electrons. The van der Waals surface area contributed by atoms with Crippen LogP contribution in [0.15, 0.2) is 60.8 Å². The number of rotatable bonds is 4. The second-order valence-electron chi connectivity index (χ2n) is 6.63. The van der Waals surface area contributed by atoms with E-state index in [4.69, 9.17) is 0 Å². The summed E-state index contributed by atoms with van der Waals surface area (Å²) >= 11 is 0. The predicted octanol–water partition coefficient (Wildman–Crippen LogP) is 4.17. The summed E-state index contributed by atoms with van der Waals surface area (Å²) in [6.45, 7) is 4.62. The third-order valence-corrected chi connectivity index (χ3v) is 4.70. The van der Waals surface area contributed by atoms with Crippen LogP contribution in [0.5, 0.6) is 0 Å². The first-order valence-corrected chi connectivity index (χ1v) is 8.86. The van der Waals surface area contributed by atoms with Crippen molar-refractivity contribution >= 4 is 16.8 Å². The van der Waals surface area contributed by atoms with Gasteiger partial charge in [0.1, 0.15) is 0 Å². The van der Waals surface area contributed by atoms with Crippen molar-refractivity contribution in [1.82, 2.24) is 20.5 Å². The number of benzene rings is 2. The number of H-pyrrole nitrogens is 1. The fraction of sp³-hybridized carbons (Fsp3) is 0.136. The number of fused-ring (bicyclic) bond motifs is 1. The van der Waals surface area contributed by atoms with Crippen LogP contribution in [0.2, 0.25) is 0 Å². The van der Waals surface area contributed by atoms with E-state index in [-0.39, 0.29) is 5.91 Å². The number of aromatic nitrogens is 3. The van der Waals surface area contributed by atoms with Crippen molar-refractivity contribution in [3.8, 4) is 11.3 Å². The van der Waals surface area contributed by atoms with E-state index >= 15 is 0 Å². The molecule has 27 heavy (non-hydrogen) atoms. The molecule has 134 valence electrons. The molecular formula is C22H20N4O. The molecule has 0 bridgehead atoms. The van der Waals surface area contributed by atoms with E-state index in [1.165, 1.54) is 10.9 Å². The topological polar surface area (TPSA) is 70.7 Å². The van der Waals surface area contributed by atoms with Crippen LogP contribution in [0.25, 0.3) is 22.2 Å². The highest BCUT2D eigenvalue weighted by molar-refractivity contribution is 5.94. The molecule has 0 fully saturated rings. The lowest BCUT2D eigenvalue weighted by molar-refractivity contribution is 0.0945. The van der Waals surface area contributed by atoms with E-state index in [2.05, 4.69) is 58.6 Å². The maximum absolute atomic E-state index is 12.3. The summed E-state index contributed by atoms with van der Waals surface area (Å²) in [5, 5.41) is 11.7. The Morgan fingerprint density at radius 2 is 1.89 bits per heavy atom. The van der Waals surface area contributed by atoms with E-state index in [0.717, 1.165) is 27.9 Å². The molecule has 4 rings (SSSR count). The Hall–Kier alpha value is -3.47. The van der Waals surface area contributed by atoms with Gasteiger partial charge in [0.2, 0.25) is 0 Å². The molecule has 5 heteroatoms. The number of nitrogens with zero attached hydrogens (tertiary/aromatic N) is 2. The number of carbonyl (C=O) groups is 1. The van der Waals surface area contributed by atoms with Gasteiger partial charge in [-0.3, -0.25) is 4.79 Å². The molecule has 2 aromatic carbocycles. The Labute approximate surface area is 157 Å². The molecule has 4 aromatic rings. The average Bonchev–Trinajstić information content (AvgIpc) is 3.04. The Bertz CT molecular complexity index is 1100. The van der Waals surface area contributed by atoms with Crippen molar-refractivity contribution in [2.75, 3.05) is 0 Å². The van der Waals surface area contributed by atoms with E-state index in [0.29, 0.717) is 12.2 Å². The molecule has 2 aromatic heterocycles. The van der Waals surface area contributed by atoms with Gasteiger partial charge < -0.3 is 10.3 Å². The third kappa shape index (κ3) is 3.31. The van der Waals surface area contributed by atoms with Crippen LogP contribution in [0.3, 0.4) is 0 Å². The van der Waals surface area contributed by atoms with Crippen LogP contribution < -0.4 is 5.32 Å². The van der Waals surface area contributed by atoms with Gasteiger partial charge in [-0.05, 0) is 48.7 Å². The fourth-order valence-corrected chi connectivity index (χ4v) is 3.38. The van der Waals surface area contributed by atoms with Crippen LogP contribution in [-0.4, -0.2) is 21.1 Å². The van der Waals surface area contributed by atoms with Crippen molar-refractivity contribution in [2.24, 2.45) is 0 Å². The third-order valence-electron chi connectivity index (χ3n) is 4.70. The highest BCUT2D eigenvalue weighted by Crippen LogP contribution is 2.32. The predicted molar refractivity (Wildman–Crippen MR) is 106 cm³/mol. The first kappa shape index (κ1) is 17.0. The van der Waals surface area contributed by atoms with Crippen molar-refractivity contribution < 1.29 is 4.79 Å². The smallest absolute Gasteiger partial charge is 0.272 e. The molecule has 1 amide bonds. The van der Waals surface area contributed by atoms with E-state index in [1.807, 2.05) is 18.2 Å². The lowest BCUT2D eigenvalue weighted by atomic mass is 10.0. The zero-order chi connectivity index (χ0) is 18.8. The summed E-state index contributed by atoms with van der Waals surface area (Å²) in [5.41, 5.74) is 7.04. The number of hydrogen-bond acceptors (Lipinski definition) is 3. The minimum atomic E-state index is -0.232. The van der Waals surface area contributed by atoms with Crippen LogP contribution in [0.4, 0.5) is 0 Å². The minimum Gasteiger partial charge on any atom is -0.354 e. The molecule has 0 aliphatic rings.